The summed E-state index contributed by atoms with van der Waals surface area (Å²) in [5.74, 6) is 1.14. The molecule has 0 fully saturated rings. The van der Waals surface area contributed by atoms with Crippen molar-refractivity contribution in [2.45, 2.75) is 20.3 Å². The molecule has 0 radical (unpaired) electrons. The smallest absolute Gasteiger partial charge is 0.243 e. The molecule has 0 unspecified atom stereocenters. The van der Waals surface area contributed by atoms with Crippen LogP contribution in [-0.4, -0.2) is 63.7 Å². The Balaban J connectivity index is 0. The van der Waals surface area contributed by atoms with E-state index in [1.807, 2.05) is 0 Å². The second-order valence-electron chi connectivity index (χ2n) is 5.37. The molecule has 0 atom stereocenters. The van der Waals surface area contributed by atoms with Gasteiger partial charge in [-0.15, -0.1) is 30.6 Å². The molecule has 0 aromatic heterocycles. The van der Waals surface area contributed by atoms with E-state index in [0.29, 0.717) is 18.4 Å². The van der Waals surface area contributed by atoms with Gasteiger partial charge in [0, 0.05) is 40.4 Å². The summed E-state index contributed by atoms with van der Waals surface area (Å²) >= 11 is 0. The highest BCUT2D eigenvalue weighted by atomic mass is 127. The van der Waals surface area contributed by atoms with Gasteiger partial charge in [-0.2, -0.15) is 0 Å². The molecule has 0 aliphatic carbocycles. The first-order chi connectivity index (χ1) is 9.97. The predicted octanol–water partition coefficient (Wildman–Crippen LogP) is 1.48. The number of hydrogen-bond donors (Lipinski definition) is 2. The van der Waals surface area contributed by atoms with Crippen molar-refractivity contribution in [3.63, 3.8) is 0 Å². The lowest BCUT2D eigenvalue weighted by Crippen LogP contribution is -2.39. The van der Waals surface area contributed by atoms with Gasteiger partial charge in [0.25, 0.3) is 0 Å². The Hall–Kier alpha value is -0.830. The molecule has 130 valence electrons. The van der Waals surface area contributed by atoms with Crippen molar-refractivity contribution in [3.05, 3.63) is 12.7 Å². The second kappa shape index (κ2) is 15.1. The zero-order valence-corrected chi connectivity index (χ0v) is 16.6. The topological polar surface area (TPSA) is 66.0 Å². The van der Waals surface area contributed by atoms with Crippen molar-refractivity contribution in [1.82, 2.24) is 15.5 Å². The molecule has 0 aliphatic heterocycles. The van der Waals surface area contributed by atoms with Gasteiger partial charge < -0.3 is 20.3 Å². The zero-order valence-electron chi connectivity index (χ0n) is 14.2. The minimum Gasteiger partial charge on any atom is -0.381 e. The van der Waals surface area contributed by atoms with Crippen LogP contribution in [-0.2, 0) is 9.53 Å². The van der Waals surface area contributed by atoms with E-state index >= 15 is 0 Å². The molecular weight excluding hydrogens is 395 g/mol. The number of nitrogens with one attached hydrogen (secondary N) is 2. The van der Waals surface area contributed by atoms with Gasteiger partial charge in [-0.25, -0.2) is 4.99 Å². The molecule has 0 saturated heterocycles. The number of hydrogen-bond acceptors (Lipinski definition) is 3. The van der Waals surface area contributed by atoms with Gasteiger partial charge >= 0.3 is 0 Å². The average Bonchev–Trinajstić information content (AvgIpc) is 2.43. The van der Waals surface area contributed by atoms with Crippen molar-refractivity contribution < 1.29 is 9.53 Å². The third-order valence-electron chi connectivity index (χ3n) is 2.49. The van der Waals surface area contributed by atoms with Crippen LogP contribution >= 0.6 is 24.0 Å². The zero-order chi connectivity index (χ0) is 16.1. The van der Waals surface area contributed by atoms with Gasteiger partial charge in [0.1, 0.15) is 6.54 Å². The Morgan fingerprint density at radius 1 is 1.36 bits per heavy atom. The number of likely N-dealkylation sites (N-methyl/N-ethyl adjacent to an activating group) is 1. The van der Waals surface area contributed by atoms with Gasteiger partial charge in [0.05, 0.1) is 0 Å². The molecule has 0 aliphatic rings. The summed E-state index contributed by atoms with van der Waals surface area (Å²) in [7, 11) is 3.43. The van der Waals surface area contributed by atoms with Crippen molar-refractivity contribution >= 4 is 35.8 Å². The summed E-state index contributed by atoms with van der Waals surface area (Å²) in [4.78, 5) is 17.3. The molecule has 0 aromatic rings. The molecule has 0 bridgehead atoms. The van der Waals surface area contributed by atoms with Crippen molar-refractivity contribution in [2.24, 2.45) is 10.9 Å². The van der Waals surface area contributed by atoms with Crippen LogP contribution < -0.4 is 10.6 Å². The summed E-state index contributed by atoms with van der Waals surface area (Å²) in [6.07, 6.45) is 2.64. The standard InChI is InChI=1S/C15H30N4O2.HI/c1-6-8-16-15(18-11-14(20)19(4)5)17-9-7-10-21-12-13(2)3;/h6,13H,1,7-12H2,2-5H3,(H2,16,17,18);1H. The number of nitrogens with zero attached hydrogens (tertiary/aromatic N) is 2. The lowest BCUT2D eigenvalue weighted by Gasteiger charge is -2.13. The lowest BCUT2D eigenvalue weighted by molar-refractivity contribution is -0.127. The van der Waals surface area contributed by atoms with E-state index in [1.165, 1.54) is 4.90 Å². The molecule has 0 aromatic carbocycles. The summed E-state index contributed by atoms with van der Waals surface area (Å²) in [6, 6.07) is 0. The van der Waals surface area contributed by atoms with E-state index < -0.39 is 0 Å². The van der Waals surface area contributed by atoms with Crippen LogP contribution in [0.4, 0.5) is 0 Å². The number of halogens is 1. The maximum absolute atomic E-state index is 11.5. The molecule has 6 nitrogen and oxygen atoms in total. The van der Waals surface area contributed by atoms with Gasteiger partial charge in [-0.1, -0.05) is 19.9 Å². The van der Waals surface area contributed by atoms with Crippen LogP contribution in [0.25, 0.3) is 0 Å². The Bertz CT molecular complexity index is 334. The van der Waals surface area contributed by atoms with E-state index in [9.17, 15) is 4.79 Å². The number of rotatable bonds is 10. The largest absolute Gasteiger partial charge is 0.381 e. The van der Waals surface area contributed by atoms with Crippen LogP contribution in [0.15, 0.2) is 17.6 Å². The molecule has 0 spiro atoms. The maximum atomic E-state index is 11.5. The average molecular weight is 426 g/mol. The van der Waals surface area contributed by atoms with Crippen molar-refractivity contribution in [2.75, 3.05) is 46.9 Å². The summed E-state index contributed by atoms with van der Waals surface area (Å²) in [5.41, 5.74) is 0. The third-order valence-corrected chi connectivity index (χ3v) is 2.49. The monoisotopic (exact) mass is 426 g/mol. The first-order valence-corrected chi connectivity index (χ1v) is 7.38. The Morgan fingerprint density at radius 3 is 2.59 bits per heavy atom. The number of aliphatic imine (C=N–C) groups is 1. The number of carbonyl (C=O) groups excluding carboxylic acids is 1. The first-order valence-electron chi connectivity index (χ1n) is 7.38. The van der Waals surface area contributed by atoms with Crippen LogP contribution in [0.5, 0.6) is 0 Å². The fraction of sp³-hybridized carbons (Fsp3) is 0.733. The minimum atomic E-state index is -0.0324. The SMILES string of the molecule is C=CCNC(=NCC(=O)N(C)C)NCCCOCC(C)C.I. The van der Waals surface area contributed by atoms with E-state index in [0.717, 1.165) is 26.2 Å². The van der Waals surface area contributed by atoms with Crippen LogP contribution in [0, 0.1) is 5.92 Å². The number of carbonyl (C=O) groups is 1. The minimum absolute atomic E-state index is 0. The number of amides is 1. The molecule has 7 heteroatoms. The van der Waals surface area contributed by atoms with Crippen LogP contribution in [0.1, 0.15) is 20.3 Å². The lowest BCUT2D eigenvalue weighted by atomic mass is 10.2. The normalized spacial score (nSPS) is 10.9. The van der Waals surface area contributed by atoms with E-state index in [4.69, 9.17) is 4.74 Å². The van der Waals surface area contributed by atoms with Gasteiger partial charge in [-0.05, 0) is 12.3 Å². The number of guanidine groups is 1. The molecule has 22 heavy (non-hydrogen) atoms. The summed E-state index contributed by atoms with van der Waals surface area (Å²) in [6.45, 7) is 10.9. The fourth-order valence-corrected chi connectivity index (χ4v) is 1.33. The van der Waals surface area contributed by atoms with Crippen molar-refractivity contribution in [1.29, 1.82) is 0 Å². The quantitative estimate of drug-likeness (QED) is 0.183. The molecule has 0 heterocycles. The first kappa shape index (κ1) is 23.4. The van der Waals surface area contributed by atoms with Crippen LogP contribution in [0.2, 0.25) is 0 Å². The van der Waals surface area contributed by atoms with Gasteiger partial charge in [0.2, 0.25) is 5.91 Å². The Labute approximate surface area is 151 Å². The highest BCUT2D eigenvalue weighted by molar-refractivity contribution is 14.0. The van der Waals surface area contributed by atoms with Gasteiger partial charge in [-0.3, -0.25) is 4.79 Å². The van der Waals surface area contributed by atoms with Crippen molar-refractivity contribution in [3.8, 4) is 0 Å². The molecule has 0 saturated carbocycles. The van der Waals surface area contributed by atoms with Crippen LogP contribution in [0.3, 0.4) is 0 Å². The molecular formula is C15H31IN4O2. The highest BCUT2D eigenvalue weighted by Crippen LogP contribution is 1.92. The highest BCUT2D eigenvalue weighted by Gasteiger charge is 2.03. The molecule has 0 rings (SSSR count). The van der Waals surface area contributed by atoms with E-state index in [-0.39, 0.29) is 36.4 Å². The Kier molecular flexibility index (Phi) is 16.1. The van der Waals surface area contributed by atoms with E-state index in [1.54, 1.807) is 20.2 Å². The Morgan fingerprint density at radius 2 is 2.05 bits per heavy atom. The third kappa shape index (κ3) is 14.1. The molecule has 1 amide bonds. The second-order valence-corrected chi connectivity index (χ2v) is 5.37. The molecule has 2 N–H and O–H groups in total. The van der Waals surface area contributed by atoms with Gasteiger partial charge in [0.15, 0.2) is 5.96 Å². The fourth-order valence-electron chi connectivity index (χ4n) is 1.33. The number of ether oxygens (including phenoxy) is 1. The van der Waals surface area contributed by atoms with E-state index in [2.05, 4.69) is 36.1 Å². The predicted molar refractivity (Wildman–Crippen MR) is 103 cm³/mol. The summed E-state index contributed by atoms with van der Waals surface area (Å²) in [5, 5.41) is 6.26. The maximum Gasteiger partial charge on any atom is 0.243 e. The summed E-state index contributed by atoms with van der Waals surface area (Å²) < 4.78 is 5.51.